The van der Waals surface area contributed by atoms with Gasteiger partial charge >= 0.3 is 0 Å². The molecule has 0 heterocycles. The zero-order valence-corrected chi connectivity index (χ0v) is 16.6. The van der Waals surface area contributed by atoms with Crippen LogP contribution in [-0.2, 0) is 19.1 Å². The Balaban J connectivity index is 0.000000496. The van der Waals surface area contributed by atoms with Crippen LogP contribution in [0.3, 0.4) is 0 Å². The zero-order valence-electron chi connectivity index (χ0n) is 16.6. The summed E-state index contributed by atoms with van der Waals surface area (Å²) in [6.07, 6.45) is 10.4. The van der Waals surface area contributed by atoms with E-state index in [1.165, 1.54) is 19.3 Å². The van der Waals surface area contributed by atoms with Crippen LogP contribution in [0.25, 0.3) is 0 Å². The largest absolute Gasteiger partial charge is 0.381 e. The number of hydrogen-bond acceptors (Lipinski definition) is 4. The van der Waals surface area contributed by atoms with E-state index in [1.54, 1.807) is 0 Å². The highest BCUT2D eigenvalue weighted by Crippen LogP contribution is 2.24. The number of Topliss-reactive ketones (excluding diaryl/α,β-unsaturated/α-hetero) is 1. The molecule has 1 aliphatic rings. The molecule has 1 aliphatic carbocycles. The highest BCUT2D eigenvalue weighted by molar-refractivity contribution is 5.80. The lowest BCUT2D eigenvalue weighted by molar-refractivity contribution is -0.123. The van der Waals surface area contributed by atoms with Gasteiger partial charge in [0.1, 0.15) is 5.78 Å². The molecule has 0 aromatic rings. The van der Waals surface area contributed by atoms with Crippen LogP contribution in [0.1, 0.15) is 85.0 Å². The molecule has 5 nitrogen and oxygen atoms in total. The number of ketones is 1. The first kappa shape index (κ1) is 24.1. The van der Waals surface area contributed by atoms with E-state index in [1.807, 2.05) is 20.8 Å². The summed E-state index contributed by atoms with van der Waals surface area (Å²) in [6.45, 7) is 8.17. The first-order chi connectivity index (χ1) is 12.0. The first-order valence-corrected chi connectivity index (χ1v) is 9.97. The van der Waals surface area contributed by atoms with Crippen LogP contribution in [0.4, 0.5) is 0 Å². The molecule has 0 spiro atoms. The molecule has 5 heteroatoms. The van der Waals surface area contributed by atoms with Crippen LogP contribution < -0.4 is 5.73 Å². The van der Waals surface area contributed by atoms with Gasteiger partial charge in [-0.2, -0.15) is 0 Å². The normalized spacial score (nSPS) is 14.9. The van der Waals surface area contributed by atoms with Gasteiger partial charge in [-0.15, -0.1) is 0 Å². The fourth-order valence-electron chi connectivity index (χ4n) is 2.79. The van der Waals surface area contributed by atoms with Crippen LogP contribution in [0.5, 0.6) is 0 Å². The standard InChI is InChI=1S/C11H23NO3.C9H16O/c1-10(2)15-9-4-3-7-14-8-5-6-11(12)13;1-2-9(10)8-6-4-3-5-7-8/h10H,3-9H2,1-2H3,(H2,12,13);8H,2-7H2,1H3. The number of hydrogen-bond donors (Lipinski definition) is 1. The lowest BCUT2D eigenvalue weighted by atomic mass is 9.85. The van der Waals surface area contributed by atoms with E-state index < -0.39 is 0 Å². The summed E-state index contributed by atoms with van der Waals surface area (Å²) in [5, 5.41) is 0. The molecule has 1 saturated carbocycles. The second-order valence-electron chi connectivity index (χ2n) is 6.96. The van der Waals surface area contributed by atoms with E-state index in [0.29, 0.717) is 30.8 Å². The average Bonchev–Trinajstić information content (AvgIpc) is 2.60. The molecule has 0 bridgehead atoms. The molecule has 0 aromatic heterocycles. The zero-order chi connectivity index (χ0) is 18.9. The molecular formula is C20H39NO4. The van der Waals surface area contributed by atoms with Crippen molar-refractivity contribution < 1.29 is 19.1 Å². The summed E-state index contributed by atoms with van der Waals surface area (Å²) in [5.41, 5.74) is 4.99. The Morgan fingerprint density at radius 2 is 1.60 bits per heavy atom. The fraction of sp³-hybridized carbons (Fsp3) is 0.900. The van der Waals surface area contributed by atoms with Gasteiger partial charge in [0.15, 0.2) is 0 Å². The van der Waals surface area contributed by atoms with E-state index in [4.69, 9.17) is 15.2 Å². The fourth-order valence-corrected chi connectivity index (χ4v) is 2.79. The molecule has 0 aromatic carbocycles. The molecule has 25 heavy (non-hydrogen) atoms. The number of unbranched alkanes of at least 4 members (excludes halogenated alkanes) is 1. The molecule has 0 unspecified atom stereocenters. The van der Waals surface area contributed by atoms with Gasteiger partial charge in [-0.05, 0) is 46.0 Å². The van der Waals surface area contributed by atoms with Crippen molar-refractivity contribution in [3.05, 3.63) is 0 Å². The highest BCUT2D eigenvalue weighted by atomic mass is 16.5. The van der Waals surface area contributed by atoms with Crippen molar-refractivity contribution in [2.24, 2.45) is 11.7 Å². The topological polar surface area (TPSA) is 78.6 Å². The first-order valence-electron chi connectivity index (χ1n) is 9.97. The van der Waals surface area contributed by atoms with Crippen molar-refractivity contribution in [1.82, 2.24) is 0 Å². The second-order valence-corrected chi connectivity index (χ2v) is 6.96. The maximum Gasteiger partial charge on any atom is 0.217 e. The number of ether oxygens (including phenoxy) is 2. The number of amides is 1. The van der Waals surface area contributed by atoms with Crippen molar-refractivity contribution in [2.75, 3.05) is 19.8 Å². The average molecular weight is 358 g/mol. The molecule has 1 fully saturated rings. The number of rotatable bonds is 12. The monoisotopic (exact) mass is 357 g/mol. The summed E-state index contributed by atoms with van der Waals surface area (Å²) in [7, 11) is 0. The van der Waals surface area contributed by atoms with Gasteiger partial charge in [-0.1, -0.05) is 26.2 Å². The van der Waals surface area contributed by atoms with Crippen LogP contribution in [0.2, 0.25) is 0 Å². The lowest BCUT2D eigenvalue weighted by Gasteiger charge is -2.19. The van der Waals surface area contributed by atoms with E-state index in [9.17, 15) is 9.59 Å². The SMILES string of the molecule is CC(C)OCCCCOCCCC(N)=O.CCC(=O)C1CCCCC1. The minimum atomic E-state index is -0.260. The predicted octanol–water partition coefficient (Wildman–Crippen LogP) is 4.02. The lowest BCUT2D eigenvalue weighted by Crippen LogP contribution is -2.16. The van der Waals surface area contributed by atoms with Crippen molar-refractivity contribution >= 4 is 11.7 Å². The predicted molar refractivity (Wildman–Crippen MR) is 101 cm³/mol. The third kappa shape index (κ3) is 16.3. The van der Waals surface area contributed by atoms with Gasteiger partial charge in [0, 0.05) is 38.6 Å². The van der Waals surface area contributed by atoms with Crippen LogP contribution >= 0.6 is 0 Å². The summed E-state index contributed by atoms with van der Waals surface area (Å²) in [4.78, 5) is 21.6. The van der Waals surface area contributed by atoms with Gasteiger partial charge in [-0.25, -0.2) is 0 Å². The summed E-state index contributed by atoms with van der Waals surface area (Å²) in [5.74, 6) is 0.655. The number of carbonyl (C=O) groups is 2. The Kier molecular flexibility index (Phi) is 15.9. The number of primary amides is 1. The molecule has 0 aliphatic heterocycles. The van der Waals surface area contributed by atoms with Crippen LogP contribution in [0.15, 0.2) is 0 Å². The van der Waals surface area contributed by atoms with Crippen molar-refractivity contribution in [2.45, 2.75) is 91.1 Å². The van der Waals surface area contributed by atoms with Crippen LogP contribution in [0, 0.1) is 5.92 Å². The molecule has 0 radical (unpaired) electrons. The molecule has 0 atom stereocenters. The van der Waals surface area contributed by atoms with Gasteiger partial charge in [-0.3, -0.25) is 9.59 Å². The minimum absolute atomic E-state index is 0.260. The molecule has 148 valence electrons. The molecule has 1 rings (SSSR count). The molecule has 2 N–H and O–H groups in total. The van der Waals surface area contributed by atoms with E-state index in [2.05, 4.69) is 0 Å². The van der Waals surface area contributed by atoms with Crippen LogP contribution in [-0.4, -0.2) is 37.6 Å². The summed E-state index contributed by atoms with van der Waals surface area (Å²) >= 11 is 0. The Morgan fingerprint density at radius 3 is 2.16 bits per heavy atom. The Morgan fingerprint density at radius 1 is 1.00 bits per heavy atom. The number of carbonyl (C=O) groups excluding carboxylic acids is 2. The van der Waals surface area contributed by atoms with E-state index >= 15 is 0 Å². The third-order valence-corrected chi connectivity index (χ3v) is 4.26. The van der Waals surface area contributed by atoms with Gasteiger partial charge in [0.05, 0.1) is 6.10 Å². The smallest absolute Gasteiger partial charge is 0.217 e. The molecule has 1 amide bonds. The second kappa shape index (κ2) is 16.5. The van der Waals surface area contributed by atoms with Crippen molar-refractivity contribution in [3.63, 3.8) is 0 Å². The van der Waals surface area contributed by atoms with Gasteiger partial charge < -0.3 is 15.2 Å². The molecule has 0 saturated heterocycles. The minimum Gasteiger partial charge on any atom is -0.381 e. The third-order valence-electron chi connectivity index (χ3n) is 4.26. The van der Waals surface area contributed by atoms with Gasteiger partial charge in [0.2, 0.25) is 5.91 Å². The Labute approximate surface area is 154 Å². The summed E-state index contributed by atoms with van der Waals surface area (Å²) < 4.78 is 10.7. The summed E-state index contributed by atoms with van der Waals surface area (Å²) in [6, 6.07) is 0. The van der Waals surface area contributed by atoms with E-state index in [-0.39, 0.29) is 5.91 Å². The quantitative estimate of drug-likeness (QED) is 0.535. The maximum absolute atomic E-state index is 11.2. The Bertz CT molecular complexity index is 339. The van der Waals surface area contributed by atoms with Crippen molar-refractivity contribution in [1.29, 1.82) is 0 Å². The van der Waals surface area contributed by atoms with E-state index in [0.717, 1.165) is 51.7 Å². The highest BCUT2D eigenvalue weighted by Gasteiger charge is 2.18. The number of nitrogens with two attached hydrogens (primary N) is 1. The maximum atomic E-state index is 11.2. The van der Waals surface area contributed by atoms with Gasteiger partial charge in [0.25, 0.3) is 0 Å². The Hall–Kier alpha value is -0.940. The molecular weight excluding hydrogens is 318 g/mol. The van der Waals surface area contributed by atoms with Crippen molar-refractivity contribution in [3.8, 4) is 0 Å².